The van der Waals surface area contributed by atoms with Gasteiger partial charge in [0.1, 0.15) is 5.60 Å². The summed E-state index contributed by atoms with van der Waals surface area (Å²) in [6.45, 7) is 2.57. The zero-order valence-corrected chi connectivity index (χ0v) is 13.1. The third kappa shape index (κ3) is 5.35. The molecule has 118 valence electrons. The van der Waals surface area contributed by atoms with Crippen molar-refractivity contribution in [2.75, 3.05) is 39.6 Å². The number of methoxy groups -OCH3 is 1. The average molecular weight is 308 g/mol. The van der Waals surface area contributed by atoms with Crippen LogP contribution >= 0.6 is 0 Å². The van der Waals surface area contributed by atoms with E-state index < -0.39 is 15.6 Å². The van der Waals surface area contributed by atoms with E-state index >= 15 is 0 Å². The number of sulfonamides is 1. The molecule has 0 aromatic carbocycles. The standard InChI is InChI=1S/C12H24N2O5S/c1-12(16,9-19-2)8-13-11(15)10-4-6-14(7-5-10)20(3,17)18/h10,16H,4-9H2,1-3H3,(H,13,15). The Bertz CT molecular complexity index is 427. The van der Waals surface area contributed by atoms with Crippen molar-refractivity contribution in [3.05, 3.63) is 0 Å². The van der Waals surface area contributed by atoms with Crippen LogP contribution in [0.3, 0.4) is 0 Å². The second-order valence-electron chi connectivity index (χ2n) is 5.58. The highest BCUT2D eigenvalue weighted by Gasteiger charge is 2.30. The van der Waals surface area contributed by atoms with Gasteiger partial charge >= 0.3 is 0 Å². The Labute approximate surface area is 120 Å². The summed E-state index contributed by atoms with van der Waals surface area (Å²) in [4.78, 5) is 12.0. The van der Waals surface area contributed by atoms with Crippen LogP contribution in [0.25, 0.3) is 0 Å². The molecule has 1 heterocycles. The first-order valence-electron chi connectivity index (χ1n) is 6.60. The molecule has 0 aliphatic carbocycles. The molecule has 0 saturated carbocycles. The SMILES string of the molecule is COCC(C)(O)CNC(=O)C1CCN(S(C)(=O)=O)CC1. The van der Waals surface area contributed by atoms with Crippen LogP contribution in [0, 0.1) is 5.92 Å². The summed E-state index contributed by atoms with van der Waals surface area (Å²) in [6.07, 6.45) is 2.19. The molecule has 0 aromatic rings. The first-order valence-corrected chi connectivity index (χ1v) is 8.45. The zero-order chi connectivity index (χ0) is 15.4. The number of hydrogen-bond donors (Lipinski definition) is 2. The number of rotatable bonds is 6. The van der Waals surface area contributed by atoms with Crippen LogP contribution in [0.5, 0.6) is 0 Å². The monoisotopic (exact) mass is 308 g/mol. The van der Waals surface area contributed by atoms with Gasteiger partial charge in [0.25, 0.3) is 0 Å². The highest BCUT2D eigenvalue weighted by Crippen LogP contribution is 2.19. The number of carbonyl (C=O) groups is 1. The van der Waals surface area contributed by atoms with Crippen LogP contribution in [-0.4, -0.2) is 68.9 Å². The Hall–Kier alpha value is -0.700. The molecule has 1 saturated heterocycles. The topological polar surface area (TPSA) is 95.9 Å². The normalized spacial score (nSPS) is 21.4. The van der Waals surface area contributed by atoms with E-state index in [0.29, 0.717) is 25.9 Å². The van der Waals surface area contributed by atoms with Crippen LogP contribution in [0.2, 0.25) is 0 Å². The fraction of sp³-hybridized carbons (Fsp3) is 0.917. The highest BCUT2D eigenvalue weighted by molar-refractivity contribution is 7.88. The molecule has 0 radical (unpaired) electrons. The summed E-state index contributed by atoms with van der Waals surface area (Å²) in [5.41, 5.74) is -1.10. The summed E-state index contributed by atoms with van der Waals surface area (Å²) < 4.78 is 29.0. The van der Waals surface area contributed by atoms with Gasteiger partial charge in [-0.15, -0.1) is 0 Å². The van der Waals surface area contributed by atoms with Gasteiger partial charge in [-0.1, -0.05) is 0 Å². The Balaban J connectivity index is 2.40. The molecule has 1 aliphatic rings. The van der Waals surface area contributed by atoms with Gasteiger partial charge < -0.3 is 15.2 Å². The fourth-order valence-electron chi connectivity index (χ4n) is 2.23. The average Bonchev–Trinajstić information content (AvgIpc) is 2.35. The predicted molar refractivity (Wildman–Crippen MR) is 74.7 cm³/mol. The molecule has 1 unspecified atom stereocenters. The second kappa shape index (κ2) is 6.84. The van der Waals surface area contributed by atoms with E-state index in [1.165, 1.54) is 17.7 Å². The molecule has 1 rings (SSSR count). The van der Waals surface area contributed by atoms with Gasteiger partial charge in [-0.2, -0.15) is 0 Å². The van der Waals surface area contributed by atoms with Crippen LogP contribution in [-0.2, 0) is 19.6 Å². The smallest absolute Gasteiger partial charge is 0.223 e. The van der Waals surface area contributed by atoms with E-state index in [2.05, 4.69) is 5.32 Å². The number of carbonyl (C=O) groups excluding carboxylic acids is 1. The van der Waals surface area contributed by atoms with Crippen molar-refractivity contribution < 1.29 is 23.1 Å². The van der Waals surface area contributed by atoms with Gasteiger partial charge in [0.2, 0.25) is 15.9 Å². The lowest BCUT2D eigenvalue weighted by molar-refractivity contribution is -0.127. The molecule has 1 amide bonds. The zero-order valence-electron chi connectivity index (χ0n) is 12.3. The van der Waals surface area contributed by atoms with Crippen LogP contribution in [0.4, 0.5) is 0 Å². The molecule has 1 aliphatic heterocycles. The minimum atomic E-state index is -3.17. The van der Waals surface area contributed by atoms with Crippen molar-refractivity contribution in [3.63, 3.8) is 0 Å². The number of nitrogens with zero attached hydrogens (tertiary/aromatic N) is 1. The van der Waals surface area contributed by atoms with Crippen molar-refractivity contribution in [2.24, 2.45) is 5.92 Å². The van der Waals surface area contributed by atoms with Crippen molar-refractivity contribution in [2.45, 2.75) is 25.4 Å². The lowest BCUT2D eigenvalue weighted by Gasteiger charge is -2.30. The molecule has 0 aromatic heterocycles. The Morgan fingerprint density at radius 1 is 1.45 bits per heavy atom. The number of nitrogens with one attached hydrogen (secondary N) is 1. The van der Waals surface area contributed by atoms with Gasteiger partial charge in [0, 0.05) is 32.7 Å². The molecule has 8 heteroatoms. The number of piperidine rings is 1. The van der Waals surface area contributed by atoms with E-state index in [1.807, 2.05) is 0 Å². The maximum absolute atomic E-state index is 12.0. The number of amides is 1. The Kier molecular flexibility index (Phi) is 5.93. The van der Waals surface area contributed by atoms with Crippen LogP contribution in [0.15, 0.2) is 0 Å². The maximum Gasteiger partial charge on any atom is 0.223 e. The molecular weight excluding hydrogens is 284 g/mol. The molecule has 0 bridgehead atoms. The summed E-state index contributed by atoms with van der Waals surface area (Å²) in [6, 6.07) is 0. The minimum Gasteiger partial charge on any atom is -0.386 e. The van der Waals surface area contributed by atoms with Gasteiger partial charge in [0.15, 0.2) is 0 Å². The molecular formula is C12H24N2O5S. The van der Waals surface area contributed by atoms with Crippen LogP contribution < -0.4 is 5.32 Å². The molecule has 2 N–H and O–H groups in total. The van der Waals surface area contributed by atoms with E-state index in [4.69, 9.17) is 4.74 Å². The predicted octanol–water partition coefficient (Wildman–Crippen LogP) is -0.828. The number of ether oxygens (including phenoxy) is 1. The Morgan fingerprint density at radius 2 is 2.00 bits per heavy atom. The van der Waals surface area contributed by atoms with Gasteiger partial charge in [-0.25, -0.2) is 12.7 Å². The van der Waals surface area contributed by atoms with Crippen LogP contribution in [0.1, 0.15) is 19.8 Å². The third-order valence-electron chi connectivity index (χ3n) is 3.39. The first-order chi connectivity index (χ1) is 9.15. The minimum absolute atomic E-state index is 0.117. The summed E-state index contributed by atoms with van der Waals surface area (Å²) in [7, 11) is -1.69. The van der Waals surface area contributed by atoms with Gasteiger partial charge in [0.05, 0.1) is 12.9 Å². The molecule has 0 spiro atoms. The molecule has 7 nitrogen and oxygen atoms in total. The highest BCUT2D eigenvalue weighted by atomic mass is 32.2. The van der Waals surface area contributed by atoms with Gasteiger partial charge in [-0.05, 0) is 19.8 Å². The Morgan fingerprint density at radius 3 is 2.45 bits per heavy atom. The fourth-order valence-corrected chi connectivity index (χ4v) is 3.11. The number of aliphatic hydroxyl groups is 1. The molecule has 1 fully saturated rings. The third-order valence-corrected chi connectivity index (χ3v) is 4.70. The lowest BCUT2D eigenvalue weighted by Crippen LogP contribution is -2.47. The summed E-state index contributed by atoms with van der Waals surface area (Å²) >= 11 is 0. The lowest BCUT2D eigenvalue weighted by atomic mass is 9.97. The maximum atomic E-state index is 12.0. The number of hydrogen-bond acceptors (Lipinski definition) is 5. The van der Waals surface area contributed by atoms with E-state index in [-0.39, 0.29) is 25.0 Å². The van der Waals surface area contributed by atoms with Gasteiger partial charge in [-0.3, -0.25) is 4.79 Å². The summed E-state index contributed by atoms with van der Waals surface area (Å²) in [5.74, 6) is -0.346. The first kappa shape index (κ1) is 17.4. The largest absolute Gasteiger partial charge is 0.386 e. The second-order valence-corrected chi connectivity index (χ2v) is 7.57. The summed E-state index contributed by atoms with van der Waals surface area (Å²) in [5, 5.41) is 12.6. The molecule has 1 atom stereocenters. The van der Waals surface area contributed by atoms with E-state index in [1.54, 1.807) is 6.92 Å². The van der Waals surface area contributed by atoms with E-state index in [9.17, 15) is 18.3 Å². The van der Waals surface area contributed by atoms with Crippen molar-refractivity contribution in [1.82, 2.24) is 9.62 Å². The van der Waals surface area contributed by atoms with E-state index in [0.717, 1.165) is 0 Å². The van der Waals surface area contributed by atoms with Crippen molar-refractivity contribution >= 4 is 15.9 Å². The molecule has 20 heavy (non-hydrogen) atoms. The van der Waals surface area contributed by atoms with Crippen molar-refractivity contribution in [1.29, 1.82) is 0 Å². The van der Waals surface area contributed by atoms with Crippen molar-refractivity contribution in [3.8, 4) is 0 Å². The quantitative estimate of drug-likeness (QED) is 0.668.